The maximum Gasteiger partial charge on any atom is 0.129 e. The fourth-order valence-electron chi connectivity index (χ4n) is 2.65. The van der Waals surface area contributed by atoms with Crippen molar-refractivity contribution in [1.29, 1.82) is 0 Å². The summed E-state index contributed by atoms with van der Waals surface area (Å²) >= 11 is 0. The highest BCUT2D eigenvalue weighted by molar-refractivity contribution is 5.12. The standard InChI is InChI=1S/C17H30N2O2/c1-15(2)11-18-12-16-10-17(21-13-16)14-20-9-8-19-6-4-3-5-7-19/h10,13,15,18H,3-9,11-12,14H2,1-2H3. The number of hydrogen-bond donors (Lipinski definition) is 1. The minimum atomic E-state index is 0.581. The summed E-state index contributed by atoms with van der Waals surface area (Å²) in [6, 6.07) is 2.09. The van der Waals surface area contributed by atoms with Gasteiger partial charge >= 0.3 is 0 Å². The molecule has 4 heteroatoms. The topological polar surface area (TPSA) is 37.6 Å². The Balaban J connectivity index is 1.57. The lowest BCUT2D eigenvalue weighted by Crippen LogP contribution is -2.32. The SMILES string of the molecule is CC(C)CNCc1coc(COCCN2CCCCC2)c1. The zero-order valence-electron chi connectivity index (χ0n) is 13.6. The van der Waals surface area contributed by atoms with Gasteiger partial charge in [-0.2, -0.15) is 0 Å². The molecule has 2 heterocycles. The molecule has 0 bridgehead atoms. The lowest BCUT2D eigenvalue weighted by Gasteiger charge is -2.25. The van der Waals surface area contributed by atoms with Gasteiger partial charge < -0.3 is 19.4 Å². The number of ether oxygens (including phenoxy) is 1. The van der Waals surface area contributed by atoms with Crippen LogP contribution in [0.2, 0.25) is 0 Å². The maximum atomic E-state index is 5.72. The largest absolute Gasteiger partial charge is 0.467 e. The van der Waals surface area contributed by atoms with Crippen molar-refractivity contribution in [3.05, 3.63) is 23.7 Å². The summed E-state index contributed by atoms with van der Waals surface area (Å²) in [7, 11) is 0. The number of nitrogens with one attached hydrogen (secondary N) is 1. The van der Waals surface area contributed by atoms with E-state index >= 15 is 0 Å². The molecule has 0 spiro atoms. The predicted octanol–water partition coefficient (Wildman–Crippen LogP) is 3.03. The van der Waals surface area contributed by atoms with Crippen LogP contribution in [0, 0.1) is 5.92 Å². The quantitative estimate of drug-likeness (QED) is 0.710. The number of rotatable bonds is 9. The fraction of sp³-hybridized carbons (Fsp3) is 0.765. The van der Waals surface area contributed by atoms with E-state index in [-0.39, 0.29) is 0 Å². The van der Waals surface area contributed by atoms with Crippen molar-refractivity contribution < 1.29 is 9.15 Å². The van der Waals surface area contributed by atoms with Gasteiger partial charge in [-0.15, -0.1) is 0 Å². The summed E-state index contributed by atoms with van der Waals surface area (Å²) in [5, 5.41) is 3.42. The normalized spacial score (nSPS) is 16.7. The summed E-state index contributed by atoms with van der Waals surface area (Å²) in [5.41, 5.74) is 1.20. The highest BCUT2D eigenvalue weighted by Gasteiger charge is 2.09. The van der Waals surface area contributed by atoms with Gasteiger partial charge in [0.2, 0.25) is 0 Å². The van der Waals surface area contributed by atoms with Crippen LogP contribution < -0.4 is 5.32 Å². The van der Waals surface area contributed by atoms with Gasteiger partial charge in [-0.3, -0.25) is 0 Å². The van der Waals surface area contributed by atoms with Crippen molar-refractivity contribution in [2.24, 2.45) is 5.92 Å². The monoisotopic (exact) mass is 294 g/mol. The minimum absolute atomic E-state index is 0.581. The first-order chi connectivity index (χ1) is 10.2. The third-order valence-corrected chi connectivity index (χ3v) is 3.83. The molecular weight excluding hydrogens is 264 g/mol. The molecule has 1 N–H and O–H groups in total. The molecule has 0 atom stereocenters. The van der Waals surface area contributed by atoms with Crippen LogP contribution in [0.25, 0.3) is 0 Å². The molecule has 0 unspecified atom stereocenters. The Morgan fingerprint density at radius 1 is 1.29 bits per heavy atom. The van der Waals surface area contributed by atoms with Crippen LogP contribution in [0.3, 0.4) is 0 Å². The van der Waals surface area contributed by atoms with Crippen LogP contribution >= 0.6 is 0 Å². The Morgan fingerprint density at radius 2 is 2.10 bits per heavy atom. The average Bonchev–Trinajstić information content (AvgIpc) is 2.92. The van der Waals surface area contributed by atoms with Crippen LogP contribution in [0.15, 0.2) is 16.7 Å². The summed E-state index contributed by atoms with van der Waals surface area (Å²) in [4.78, 5) is 2.49. The zero-order chi connectivity index (χ0) is 14.9. The molecular formula is C17H30N2O2. The maximum absolute atomic E-state index is 5.72. The second-order valence-corrected chi connectivity index (χ2v) is 6.40. The van der Waals surface area contributed by atoms with Crippen molar-refractivity contribution in [2.45, 2.75) is 46.3 Å². The molecule has 21 heavy (non-hydrogen) atoms. The van der Waals surface area contributed by atoms with Gasteiger partial charge in [-0.25, -0.2) is 0 Å². The van der Waals surface area contributed by atoms with Gasteiger partial charge in [0.25, 0.3) is 0 Å². The smallest absolute Gasteiger partial charge is 0.129 e. The summed E-state index contributed by atoms with van der Waals surface area (Å²) < 4.78 is 11.3. The van der Waals surface area contributed by atoms with E-state index in [0.717, 1.165) is 32.0 Å². The molecule has 0 radical (unpaired) electrons. The molecule has 1 saturated heterocycles. The Morgan fingerprint density at radius 3 is 2.86 bits per heavy atom. The molecule has 0 saturated carbocycles. The Labute approximate surface area is 128 Å². The summed E-state index contributed by atoms with van der Waals surface area (Å²) in [5.74, 6) is 1.60. The molecule has 0 aliphatic carbocycles. The average molecular weight is 294 g/mol. The Bertz CT molecular complexity index is 384. The van der Waals surface area contributed by atoms with Gasteiger partial charge in [0.05, 0.1) is 12.9 Å². The number of nitrogens with zero attached hydrogens (tertiary/aromatic N) is 1. The van der Waals surface area contributed by atoms with Crippen molar-refractivity contribution >= 4 is 0 Å². The van der Waals surface area contributed by atoms with Crippen LogP contribution in [-0.2, 0) is 17.9 Å². The van der Waals surface area contributed by atoms with Crippen LogP contribution in [0.5, 0.6) is 0 Å². The fourth-order valence-corrected chi connectivity index (χ4v) is 2.65. The van der Waals surface area contributed by atoms with E-state index in [1.165, 1.54) is 37.9 Å². The van der Waals surface area contributed by atoms with Crippen molar-refractivity contribution in [2.75, 3.05) is 32.8 Å². The van der Waals surface area contributed by atoms with Crippen LogP contribution in [-0.4, -0.2) is 37.7 Å². The third-order valence-electron chi connectivity index (χ3n) is 3.83. The molecule has 1 aliphatic rings. The van der Waals surface area contributed by atoms with E-state index in [1.807, 2.05) is 6.26 Å². The molecule has 4 nitrogen and oxygen atoms in total. The number of likely N-dealkylation sites (tertiary alicyclic amines) is 1. The van der Waals surface area contributed by atoms with Gasteiger partial charge in [-0.05, 0) is 44.5 Å². The highest BCUT2D eigenvalue weighted by Crippen LogP contribution is 2.10. The lowest BCUT2D eigenvalue weighted by molar-refractivity contribution is 0.0765. The number of furan rings is 1. The molecule has 1 aromatic heterocycles. The van der Waals surface area contributed by atoms with Crippen LogP contribution in [0.4, 0.5) is 0 Å². The molecule has 1 aromatic rings. The minimum Gasteiger partial charge on any atom is -0.467 e. The predicted molar refractivity (Wildman–Crippen MR) is 85.2 cm³/mol. The summed E-state index contributed by atoms with van der Waals surface area (Å²) in [6.45, 7) is 11.2. The van der Waals surface area contributed by atoms with E-state index in [4.69, 9.17) is 9.15 Å². The first-order valence-electron chi connectivity index (χ1n) is 8.31. The molecule has 0 aromatic carbocycles. The van der Waals surface area contributed by atoms with Gasteiger partial charge in [0.15, 0.2) is 0 Å². The molecule has 120 valence electrons. The second kappa shape index (κ2) is 9.23. The Kier molecular flexibility index (Phi) is 7.27. The molecule has 2 rings (SSSR count). The third kappa shape index (κ3) is 6.64. The molecule has 0 amide bonds. The Hall–Kier alpha value is -0.840. The van der Waals surface area contributed by atoms with E-state index in [9.17, 15) is 0 Å². The van der Waals surface area contributed by atoms with Crippen molar-refractivity contribution in [1.82, 2.24) is 10.2 Å². The van der Waals surface area contributed by atoms with E-state index < -0.39 is 0 Å². The number of piperidine rings is 1. The van der Waals surface area contributed by atoms with Gasteiger partial charge in [-0.1, -0.05) is 20.3 Å². The molecule has 1 fully saturated rings. The highest BCUT2D eigenvalue weighted by atomic mass is 16.5. The van der Waals surface area contributed by atoms with E-state index in [1.54, 1.807) is 0 Å². The lowest BCUT2D eigenvalue weighted by atomic mass is 10.1. The van der Waals surface area contributed by atoms with Gasteiger partial charge in [0.1, 0.15) is 12.4 Å². The zero-order valence-corrected chi connectivity index (χ0v) is 13.6. The van der Waals surface area contributed by atoms with E-state index in [2.05, 4.69) is 30.1 Å². The van der Waals surface area contributed by atoms with E-state index in [0.29, 0.717) is 12.5 Å². The van der Waals surface area contributed by atoms with Crippen LogP contribution in [0.1, 0.15) is 44.4 Å². The first-order valence-corrected chi connectivity index (χ1v) is 8.31. The molecule has 1 aliphatic heterocycles. The number of hydrogen-bond acceptors (Lipinski definition) is 4. The van der Waals surface area contributed by atoms with Gasteiger partial charge in [0, 0.05) is 18.7 Å². The first kappa shape index (κ1) is 16.5. The second-order valence-electron chi connectivity index (χ2n) is 6.40. The van der Waals surface area contributed by atoms with Crippen molar-refractivity contribution in [3.8, 4) is 0 Å². The summed E-state index contributed by atoms with van der Waals surface area (Å²) in [6.07, 6.45) is 5.89. The van der Waals surface area contributed by atoms with Crippen molar-refractivity contribution in [3.63, 3.8) is 0 Å².